The summed E-state index contributed by atoms with van der Waals surface area (Å²) in [6.45, 7) is 0.682. The van der Waals surface area contributed by atoms with Gasteiger partial charge >= 0.3 is 5.97 Å². The van der Waals surface area contributed by atoms with Crippen molar-refractivity contribution in [2.75, 3.05) is 6.61 Å². The van der Waals surface area contributed by atoms with Crippen molar-refractivity contribution in [3.05, 3.63) is 39.4 Å². The third kappa shape index (κ3) is 3.33. The van der Waals surface area contributed by atoms with Crippen LogP contribution in [0.1, 0.15) is 41.6 Å². The first-order valence-electron chi connectivity index (χ1n) is 6.67. The number of nitro groups is 1. The lowest BCUT2D eigenvalue weighted by Gasteiger charge is -2.11. The van der Waals surface area contributed by atoms with E-state index in [1.165, 1.54) is 25.0 Å². The quantitative estimate of drug-likeness (QED) is 0.638. The van der Waals surface area contributed by atoms with Gasteiger partial charge < -0.3 is 9.84 Å². The summed E-state index contributed by atoms with van der Waals surface area (Å²) in [5.74, 6) is -0.765. The van der Waals surface area contributed by atoms with E-state index in [9.17, 15) is 14.9 Å². The molecule has 0 aliphatic heterocycles. The number of nitrogens with zero attached hydrogens (tertiary/aromatic N) is 1. The van der Waals surface area contributed by atoms with Crippen LogP contribution in [-0.4, -0.2) is 22.6 Å². The van der Waals surface area contributed by atoms with Crippen molar-refractivity contribution in [3.8, 4) is 0 Å². The van der Waals surface area contributed by atoms with E-state index >= 15 is 0 Å². The molecule has 0 saturated heterocycles. The van der Waals surface area contributed by atoms with Gasteiger partial charge in [-0.3, -0.25) is 10.1 Å². The number of nitro benzene ring substituents is 1. The molecule has 6 heteroatoms. The molecule has 20 heavy (non-hydrogen) atoms. The number of carboxylic acid groups (broad SMARTS) is 1. The average molecular weight is 279 g/mol. The van der Waals surface area contributed by atoms with E-state index in [4.69, 9.17) is 9.84 Å². The summed E-state index contributed by atoms with van der Waals surface area (Å²) in [4.78, 5) is 21.4. The number of aromatic carboxylic acids is 1. The molecular weight excluding hydrogens is 262 g/mol. The van der Waals surface area contributed by atoms with Gasteiger partial charge in [-0.25, -0.2) is 4.79 Å². The van der Waals surface area contributed by atoms with Crippen molar-refractivity contribution < 1.29 is 19.6 Å². The molecule has 1 N–H and O–H groups in total. The minimum atomic E-state index is -1.29. The second-order valence-electron chi connectivity index (χ2n) is 5.04. The van der Waals surface area contributed by atoms with Crippen LogP contribution in [0.3, 0.4) is 0 Å². The molecule has 108 valence electrons. The molecule has 1 aliphatic carbocycles. The Morgan fingerprint density at radius 3 is 2.70 bits per heavy atom. The van der Waals surface area contributed by atoms with Crippen LogP contribution in [0.5, 0.6) is 0 Å². The normalized spacial score (nSPS) is 15.4. The van der Waals surface area contributed by atoms with Crippen molar-refractivity contribution in [2.45, 2.75) is 32.3 Å². The molecule has 1 aliphatic rings. The maximum absolute atomic E-state index is 11.2. The number of carboxylic acids is 1. The third-order valence-corrected chi connectivity index (χ3v) is 3.63. The molecule has 0 unspecified atom stereocenters. The van der Waals surface area contributed by atoms with Crippen molar-refractivity contribution in [3.63, 3.8) is 0 Å². The van der Waals surface area contributed by atoms with Gasteiger partial charge in [-0.05, 0) is 24.3 Å². The monoisotopic (exact) mass is 279 g/mol. The van der Waals surface area contributed by atoms with Gasteiger partial charge in [0.2, 0.25) is 0 Å². The fraction of sp³-hybridized carbons (Fsp3) is 0.500. The van der Waals surface area contributed by atoms with Crippen LogP contribution in [0.2, 0.25) is 0 Å². The zero-order chi connectivity index (χ0) is 14.5. The zero-order valence-corrected chi connectivity index (χ0v) is 11.1. The van der Waals surface area contributed by atoms with Crippen molar-refractivity contribution in [2.24, 2.45) is 5.92 Å². The molecule has 1 fully saturated rings. The Morgan fingerprint density at radius 2 is 2.10 bits per heavy atom. The van der Waals surface area contributed by atoms with E-state index in [0.29, 0.717) is 18.1 Å². The van der Waals surface area contributed by atoms with E-state index in [1.807, 2.05) is 0 Å². The molecule has 0 radical (unpaired) electrons. The first-order valence-corrected chi connectivity index (χ1v) is 6.67. The second-order valence-corrected chi connectivity index (χ2v) is 5.04. The van der Waals surface area contributed by atoms with Crippen molar-refractivity contribution in [1.29, 1.82) is 0 Å². The maximum Gasteiger partial charge on any atom is 0.343 e. The highest BCUT2D eigenvalue weighted by Gasteiger charge is 2.23. The van der Waals surface area contributed by atoms with E-state index in [-0.39, 0.29) is 17.9 Å². The zero-order valence-electron chi connectivity index (χ0n) is 11.1. The Hall–Kier alpha value is -1.95. The molecule has 0 bridgehead atoms. The standard InChI is InChI=1S/C14H17NO5/c16-14(17)13-11(6-3-7-12(13)15(18)19)9-20-8-10-4-1-2-5-10/h3,6-7,10H,1-2,4-5,8-9H2,(H,16,17). The molecule has 0 atom stereocenters. The van der Waals surface area contributed by atoms with Gasteiger partial charge in [-0.1, -0.05) is 25.0 Å². The first kappa shape index (κ1) is 14.5. The Bertz CT molecular complexity index is 508. The van der Waals surface area contributed by atoms with Gasteiger partial charge in [-0.2, -0.15) is 0 Å². The van der Waals surface area contributed by atoms with Crippen LogP contribution < -0.4 is 0 Å². The predicted molar refractivity (Wildman–Crippen MR) is 71.7 cm³/mol. The SMILES string of the molecule is O=C(O)c1c(COCC2CCCC2)cccc1[N+](=O)[O-]. The Balaban J connectivity index is 2.08. The van der Waals surface area contributed by atoms with Gasteiger partial charge in [-0.15, -0.1) is 0 Å². The molecular formula is C14H17NO5. The largest absolute Gasteiger partial charge is 0.477 e. The predicted octanol–water partition coefficient (Wildman–Crippen LogP) is 3.00. The number of rotatable bonds is 6. The van der Waals surface area contributed by atoms with Crippen molar-refractivity contribution >= 4 is 11.7 Å². The summed E-state index contributed by atoms with van der Waals surface area (Å²) < 4.78 is 5.54. The minimum absolute atomic E-state index is 0.0970. The maximum atomic E-state index is 11.2. The minimum Gasteiger partial charge on any atom is -0.477 e. The van der Waals surface area contributed by atoms with E-state index in [1.54, 1.807) is 6.07 Å². The highest BCUT2D eigenvalue weighted by molar-refractivity contribution is 5.94. The average Bonchev–Trinajstić information content (AvgIpc) is 2.91. The molecule has 6 nitrogen and oxygen atoms in total. The highest BCUT2D eigenvalue weighted by Crippen LogP contribution is 2.26. The van der Waals surface area contributed by atoms with Crippen LogP contribution in [-0.2, 0) is 11.3 Å². The summed E-state index contributed by atoms with van der Waals surface area (Å²) in [6, 6.07) is 4.24. The smallest absolute Gasteiger partial charge is 0.343 e. The van der Waals surface area contributed by atoms with Crippen LogP contribution in [0.25, 0.3) is 0 Å². The Labute approximate surface area is 116 Å². The fourth-order valence-corrected chi connectivity index (χ4v) is 2.62. The van der Waals surface area contributed by atoms with Gasteiger partial charge in [0.15, 0.2) is 0 Å². The lowest BCUT2D eigenvalue weighted by Crippen LogP contribution is -2.10. The molecule has 1 aromatic carbocycles. The first-order chi connectivity index (χ1) is 9.59. The molecule has 0 heterocycles. The van der Waals surface area contributed by atoms with Crippen LogP contribution in [0, 0.1) is 16.0 Å². The van der Waals surface area contributed by atoms with Crippen LogP contribution >= 0.6 is 0 Å². The summed E-state index contributed by atoms with van der Waals surface area (Å²) >= 11 is 0. The van der Waals surface area contributed by atoms with E-state index in [2.05, 4.69) is 0 Å². The van der Waals surface area contributed by atoms with Gasteiger partial charge in [0, 0.05) is 12.7 Å². The fourth-order valence-electron chi connectivity index (χ4n) is 2.62. The van der Waals surface area contributed by atoms with Gasteiger partial charge in [0.1, 0.15) is 5.56 Å². The molecule has 0 amide bonds. The third-order valence-electron chi connectivity index (χ3n) is 3.63. The number of carbonyl (C=O) groups is 1. The van der Waals surface area contributed by atoms with Crippen molar-refractivity contribution in [1.82, 2.24) is 0 Å². The second kappa shape index (κ2) is 6.47. The topological polar surface area (TPSA) is 89.7 Å². The molecule has 1 aromatic rings. The molecule has 0 spiro atoms. The lowest BCUT2D eigenvalue weighted by atomic mass is 10.1. The lowest BCUT2D eigenvalue weighted by molar-refractivity contribution is -0.385. The Kier molecular flexibility index (Phi) is 4.68. The van der Waals surface area contributed by atoms with Gasteiger partial charge in [0.05, 0.1) is 11.5 Å². The summed E-state index contributed by atoms with van der Waals surface area (Å²) in [5, 5.41) is 20.0. The van der Waals surface area contributed by atoms with E-state index in [0.717, 1.165) is 12.8 Å². The summed E-state index contributed by atoms with van der Waals surface area (Å²) in [6.07, 6.45) is 4.71. The Morgan fingerprint density at radius 1 is 1.40 bits per heavy atom. The molecule has 2 rings (SSSR count). The number of benzene rings is 1. The summed E-state index contributed by atoms with van der Waals surface area (Å²) in [5.41, 5.74) is -0.312. The number of hydrogen-bond donors (Lipinski definition) is 1. The number of hydrogen-bond acceptors (Lipinski definition) is 4. The number of ether oxygens (including phenoxy) is 1. The van der Waals surface area contributed by atoms with Crippen LogP contribution in [0.4, 0.5) is 5.69 Å². The van der Waals surface area contributed by atoms with Crippen LogP contribution in [0.15, 0.2) is 18.2 Å². The molecule has 0 aromatic heterocycles. The molecule has 1 saturated carbocycles. The van der Waals surface area contributed by atoms with Gasteiger partial charge in [0.25, 0.3) is 5.69 Å². The summed E-state index contributed by atoms with van der Waals surface area (Å²) in [7, 11) is 0. The van der Waals surface area contributed by atoms with E-state index < -0.39 is 10.9 Å². The highest BCUT2D eigenvalue weighted by atomic mass is 16.6.